The minimum atomic E-state index is -1.15. The zero-order valence-corrected chi connectivity index (χ0v) is 11.3. The maximum atomic E-state index is 11.2. The van der Waals surface area contributed by atoms with E-state index >= 15 is 0 Å². The van der Waals surface area contributed by atoms with Crippen LogP contribution in [0, 0.1) is 0 Å². The molecule has 0 saturated carbocycles. The number of halogens is 1. The average Bonchev–Trinajstić information content (AvgIpc) is 2.97. The standard InChI is InChI=1S/C13H8ClN5O2/c14-10-7-6-9(13(20)21)12(15-10)19-17-11(16-18-19)8-4-2-1-3-5-8/h1-7H,(H,20,21). The Kier molecular flexibility index (Phi) is 3.33. The third-order valence-corrected chi connectivity index (χ3v) is 2.92. The van der Waals surface area contributed by atoms with Crippen LogP contribution in [-0.2, 0) is 0 Å². The van der Waals surface area contributed by atoms with Crippen molar-refractivity contribution in [3.8, 4) is 17.2 Å². The first-order chi connectivity index (χ1) is 10.1. The fraction of sp³-hybridized carbons (Fsp3) is 0. The van der Waals surface area contributed by atoms with E-state index in [2.05, 4.69) is 20.4 Å². The highest BCUT2D eigenvalue weighted by molar-refractivity contribution is 6.29. The first kappa shape index (κ1) is 13.2. The summed E-state index contributed by atoms with van der Waals surface area (Å²) in [5.74, 6) is -0.758. The van der Waals surface area contributed by atoms with E-state index in [1.165, 1.54) is 12.1 Å². The van der Waals surface area contributed by atoms with Crippen molar-refractivity contribution in [2.24, 2.45) is 0 Å². The van der Waals surface area contributed by atoms with Crippen LogP contribution in [0.15, 0.2) is 42.5 Å². The van der Waals surface area contributed by atoms with Crippen LogP contribution >= 0.6 is 11.6 Å². The molecule has 8 heteroatoms. The van der Waals surface area contributed by atoms with E-state index in [-0.39, 0.29) is 16.5 Å². The van der Waals surface area contributed by atoms with E-state index in [1.54, 1.807) is 0 Å². The number of tetrazole rings is 1. The van der Waals surface area contributed by atoms with Crippen LogP contribution in [0.25, 0.3) is 17.2 Å². The van der Waals surface area contributed by atoms with E-state index in [0.717, 1.165) is 10.4 Å². The molecule has 1 aromatic carbocycles. The van der Waals surface area contributed by atoms with Gasteiger partial charge < -0.3 is 5.11 Å². The number of carbonyl (C=O) groups is 1. The molecule has 3 rings (SSSR count). The molecule has 0 amide bonds. The summed E-state index contributed by atoms with van der Waals surface area (Å²) in [6.07, 6.45) is 0. The van der Waals surface area contributed by atoms with Crippen molar-refractivity contribution in [3.05, 3.63) is 53.2 Å². The van der Waals surface area contributed by atoms with E-state index < -0.39 is 5.97 Å². The molecule has 21 heavy (non-hydrogen) atoms. The van der Waals surface area contributed by atoms with Gasteiger partial charge in [0, 0.05) is 5.56 Å². The van der Waals surface area contributed by atoms with Gasteiger partial charge in [-0.3, -0.25) is 0 Å². The number of pyridine rings is 1. The van der Waals surface area contributed by atoms with E-state index in [4.69, 9.17) is 16.7 Å². The lowest BCUT2D eigenvalue weighted by atomic mass is 10.2. The molecule has 0 aliphatic heterocycles. The Morgan fingerprint density at radius 2 is 1.90 bits per heavy atom. The number of aromatic carboxylic acids is 1. The molecule has 1 N–H and O–H groups in total. The van der Waals surface area contributed by atoms with Crippen LogP contribution in [0.1, 0.15) is 10.4 Å². The summed E-state index contributed by atoms with van der Waals surface area (Å²) in [6.45, 7) is 0. The molecular formula is C13H8ClN5O2. The molecule has 0 bridgehead atoms. The highest BCUT2D eigenvalue weighted by Crippen LogP contribution is 2.17. The van der Waals surface area contributed by atoms with Crippen LogP contribution in [0.5, 0.6) is 0 Å². The molecule has 0 fully saturated rings. The second-order valence-corrected chi connectivity index (χ2v) is 4.47. The van der Waals surface area contributed by atoms with Gasteiger partial charge in [-0.2, -0.15) is 0 Å². The van der Waals surface area contributed by atoms with Crippen LogP contribution in [0.4, 0.5) is 0 Å². The lowest BCUT2D eigenvalue weighted by Gasteiger charge is -2.02. The number of hydrogen-bond acceptors (Lipinski definition) is 5. The van der Waals surface area contributed by atoms with Gasteiger partial charge in [-0.1, -0.05) is 41.9 Å². The highest BCUT2D eigenvalue weighted by Gasteiger charge is 2.17. The largest absolute Gasteiger partial charge is 0.478 e. The second-order valence-electron chi connectivity index (χ2n) is 4.08. The summed E-state index contributed by atoms with van der Waals surface area (Å²) < 4.78 is 0. The van der Waals surface area contributed by atoms with E-state index in [0.29, 0.717) is 5.82 Å². The fourth-order valence-electron chi connectivity index (χ4n) is 1.75. The zero-order chi connectivity index (χ0) is 14.8. The smallest absolute Gasteiger partial charge is 0.339 e. The maximum Gasteiger partial charge on any atom is 0.339 e. The van der Waals surface area contributed by atoms with E-state index in [1.807, 2.05) is 30.3 Å². The zero-order valence-electron chi connectivity index (χ0n) is 10.5. The van der Waals surface area contributed by atoms with Crippen LogP contribution < -0.4 is 0 Å². The first-order valence-electron chi connectivity index (χ1n) is 5.91. The normalized spacial score (nSPS) is 10.5. The molecule has 0 spiro atoms. The summed E-state index contributed by atoms with van der Waals surface area (Å²) in [5, 5.41) is 21.2. The predicted molar refractivity (Wildman–Crippen MR) is 74.4 cm³/mol. The number of nitrogens with zero attached hydrogens (tertiary/aromatic N) is 5. The Hall–Kier alpha value is -2.80. The monoisotopic (exact) mass is 301 g/mol. The lowest BCUT2D eigenvalue weighted by Crippen LogP contribution is -2.10. The lowest BCUT2D eigenvalue weighted by molar-refractivity contribution is 0.0696. The molecule has 2 heterocycles. The topological polar surface area (TPSA) is 93.8 Å². The Balaban J connectivity index is 2.08. The Morgan fingerprint density at radius 1 is 1.14 bits per heavy atom. The van der Waals surface area contributed by atoms with Crippen molar-refractivity contribution >= 4 is 17.6 Å². The SMILES string of the molecule is O=C(O)c1ccc(Cl)nc1-n1nnc(-c2ccccc2)n1. The summed E-state index contributed by atoms with van der Waals surface area (Å²) in [4.78, 5) is 16.2. The molecule has 0 atom stereocenters. The number of hydrogen-bond donors (Lipinski definition) is 1. The molecule has 2 aromatic heterocycles. The van der Waals surface area contributed by atoms with Crippen LogP contribution in [-0.4, -0.2) is 36.3 Å². The van der Waals surface area contributed by atoms with Gasteiger partial charge in [0.2, 0.25) is 5.82 Å². The minimum absolute atomic E-state index is 0.0182. The molecule has 0 aliphatic carbocycles. The van der Waals surface area contributed by atoms with Crippen molar-refractivity contribution in [2.75, 3.05) is 0 Å². The Labute approximate surface area is 123 Å². The quantitative estimate of drug-likeness (QED) is 0.744. The van der Waals surface area contributed by atoms with Gasteiger partial charge in [0.1, 0.15) is 10.7 Å². The summed E-state index contributed by atoms with van der Waals surface area (Å²) >= 11 is 5.80. The molecule has 0 saturated heterocycles. The van der Waals surface area contributed by atoms with Gasteiger partial charge in [0.05, 0.1) is 0 Å². The molecule has 104 valence electrons. The number of aromatic nitrogens is 5. The third kappa shape index (κ3) is 2.59. The first-order valence-corrected chi connectivity index (χ1v) is 6.28. The third-order valence-electron chi connectivity index (χ3n) is 2.71. The predicted octanol–water partition coefficient (Wildman–Crippen LogP) is 2.08. The van der Waals surface area contributed by atoms with Crippen molar-refractivity contribution in [1.29, 1.82) is 0 Å². The summed E-state index contributed by atoms with van der Waals surface area (Å²) in [7, 11) is 0. The molecule has 3 aromatic rings. The van der Waals surface area contributed by atoms with Crippen molar-refractivity contribution in [3.63, 3.8) is 0 Å². The van der Waals surface area contributed by atoms with E-state index in [9.17, 15) is 4.79 Å². The van der Waals surface area contributed by atoms with Gasteiger partial charge in [0.15, 0.2) is 5.82 Å². The van der Waals surface area contributed by atoms with Gasteiger partial charge >= 0.3 is 5.97 Å². The average molecular weight is 302 g/mol. The summed E-state index contributed by atoms with van der Waals surface area (Å²) in [5.41, 5.74) is 0.707. The molecular weight excluding hydrogens is 294 g/mol. The number of carboxylic acid groups (broad SMARTS) is 1. The Bertz CT molecular complexity index is 803. The van der Waals surface area contributed by atoms with Crippen LogP contribution in [0.3, 0.4) is 0 Å². The minimum Gasteiger partial charge on any atom is -0.478 e. The molecule has 0 unspecified atom stereocenters. The fourth-order valence-corrected chi connectivity index (χ4v) is 1.89. The highest BCUT2D eigenvalue weighted by atomic mass is 35.5. The molecule has 7 nitrogen and oxygen atoms in total. The Morgan fingerprint density at radius 3 is 2.62 bits per heavy atom. The van der Waals surface area contributed by atoms with Gasteiger partial charge in [0.25, 0.3) is 0 Å². The van der Waals surface area contributed by atoms with Crippen molar-refractivity contribution in [2.45, 2.75) is 0 Å². The van der Waals surface area contributed by atoms with Crippen LogP contribution in [0.2, 0.25) is 5.15 Å². The number of carboxylic acids is 1. The number of rotatable bonds is 3. The van der Waals surface area contributed by atoms with Gasteiger partial charge in [-0.05, 0) is 17.3 Å². The van der Waals surface area contributed by atoms with Gasteiger partial charge in [-0.15, -0.1) is 15.0 Å². The van der Waals surface area contributed by atoms with Crippen molar-refractivity contribution < 1.29 is 9.90 Å². The molecule has 0 radical (unpaired) electrons. The van der Waals surface area contributed by atoms with Gasteiger partial charge in [-0.25, -0.2) is 9.78 Å². The molecule has 0 aliphatic rings. The van der Waals surface area contributed by atoms with Crippen molar-refractivity contribution in [1.82, 2.24) is 25.2 Å². The number of benzene rings is 1. The maximum absolute atomic E-state index is 11.2. The summed E-state index contributed by atoms with van der Waals surface area (Å²) in [6, 6.07) is 11.9. The second kappa shape index (κ2) is 5.29.